The zero-order valence-electron chi connectivity index (χ0n) is 11.1. The van der Waals surface area contributed by atoms with Crippen LogP contribution in [-0.4, -0.2) is 14.5 Å². The van der Waals surface area contributed by atoms with Crippen molar-refractivity contribution in [3.05, 3.63) is 29.1 Å². The molecule has 108 valence electrons. The van der Waals surface area contributed by atoms with Gasteiger partial charge in [-0.1, -0.05) is 31.0 Å². The largest absolute Gasteiger partial charge is 0.326 e. The summed E-state index contributed by atoms with van der Waals surface area (Å²) in [6.45, 7) is 0.250. The summed E-state index contributed by atoms with van der Waals surface area (Å²) >= 11 is 1.46. The van der Waals surface area contributed by atoms with Crippen LogP contribution in [0.2, 0.25) is 0 Å². The third kappa shape index (κ3) is 2.48. The minimum atomic E-state index is -3.49. The molecule has 1 aromatic carbocycles. The highest BCUT2D eigenvalue weighted by Crippen LogP contribution is 2.35. The van der Waals surface area contributed by atoms with Gasteiger partial charge in [0.2, 0.25) is 10.0 Å². The predicted octanol–water partition coefficient (Wildman–Crippen LogP) is 2.58. The molecule has 0 aliphatic heterocycles. The first kappa shape index (κ1) is 14.0. The standard InChI is InChI=1S/C14H18N2O2S2/c15-9-13-14(11-7-3-4-8-12(11)19-13)20(17,18)16-10-5-1-2-6-10/h3-4,7-8,10,16H,1-2,5-6,9,15H2. The summed E-state index contributed by atoms with van der Waals surface area (Å²) in [5, 5.41) is 0.781. The van der Waals surface area contributed by atoms with Crippen LogP contribution in [0.3, 0.4) is 0 Å². The lowest BCUT2D eigenvalue weighted by atomic mass is 10.2. The van der Waals surface area contributed by atoms with Gasteiger partial charge in [0, 0.05) is 27.5 Å². The molecule has 0 unspecified atom stereocenters. The molecule has 0 atom stereocenters. The van der Waals surface area contributed by atoms with Crippen molar-refractivity contribution in [2.75, 3.05) is 0 Å². The lowest BCUT2D eigenvalue weighted by molar-refractivity contribution is 0.552. The topological polar surface area (TPSA) is 72.2 Å². The molecule has 3 rings (SSSR count). The first-order valence-corrected chi connectivity index (χ1v) is 9.14. The Bertz CT molecular complexity index is 716. The van der Waals surface area contributed by atoms with Gasteiger partial charge in [-0.15, -0.1) is 11.3 Å². The summed E-state index contributed by atoms with van der Waals surface area (Å²) < 4.78 is 29.2. The maximum absolute atomic E-state index is 12.7. The molecule has 4 nitrogen and oxygen atoms in total. The highest BCUT2D eigenvalue weighted by atomic mass is 32.2. The molecule has 0 amide bonds. The molecule has 1 aromatic heterocycles. The third-order valence-electron chi connectivity index (χ3n) is 3.75. The van der Waals surface area contributed by atoms with Crippen molar-refractivity contribution in [3.8, 4) is 0 Å². The van der Waals surface area contributed by atoms with Crippen molar-refractivity contribution in [1.29, 1.82) is 0 Å². The molecule has 20 heavy (non-hydrogen) atoms. The highest BCUT2D eigenvalue weighted by Gasteiger charge is 2.27. The predicted molar refractivity (Wildman–Crippen MR) is 82.3 cm³/mol. The van der Waals surface area contributed by atoms with E-state index in [2.05, 4.69) is 4.72 Å². The lowest BCUT2D eigenvalue weighted by Crippen LogP contribution is -2.33. The quantitative estimate of drug-likeness (QED) is 0.911. The molecular weight excluding hydrogens is 292 g/mol. The lowest BCUT2D eigenvalue weighted by Gasteiger charge is -2.13. The first-order valence-electron chi connectivity index (χ1n) is 6.84. The smallest absolute Gasteiger partial charge is 0.242 e. The number of hydrogen-bond donors (Lipinski definition) is 2. The Balaban J connectivity index is 2.07. The van der Waals surface area contributed by atoms with E-state index in [1.165, 1.54) is 11.3 Å². The molecule has 1 aliphatic rings. The summed E-state index contributed by atoms with van der Waals surface area (Å²) in [6, 6.07) is 7.65. The number of nitrogens with two attached hydrogens (primary N) is 1. The molecule has 1 aliphatic carbocycles. The highest BCUT2D eigenvalue weighted by molar-refractivity contribution is 7.90. The van der Waals surface area contributed by atoms with Crippen molar-refractivity contribution in [1.82, 2.24) is 4.72 Å². The van der Waals surface area contributed by atoms with Crippen LogP contribution in [0.25, 0.3) is 10.1 Å². The van der Waals surface area contributed by atoms with E-state index < -0.39 is 10.0 Å². The Labute approximate surface area is 123 Å². The maximum atomic E-state index is 12.7. The van der Waals surface area contributed by atoms with E-state index >= 15 is 0 Å². The molecule has 0 spiro atoms. The van der Waals surface area contributed by atoms with Gasteiger partial charge in [0.25, 0.3) is 0 Å². The van der Waals surface area contributed by atoms with Gasteiger partial charge in [-0.3, -0.25) is 0 Å². The number of hydrogen-bond acceptors (Lipinski definition) is 4. The van der Waals surface area contributed by atoms with Crippen LogP contribution in [0, 0.1) is 0 Å². The summed E-state index contributed by atoms with van der Waals surface area (Å²) in [5.41, 5.74) is 5.74. The monoisotopic (exact) mass is 310 g/mol. The van der Waals surface area contributed by atoms with Crippen LogP contribution in [0.4, 0.5) is 0 Å². The van der Waals surface area contributed by atoms with Crippen molar-refractivity contribution in [3.63, 3.8) is 0 Å². The Morgan fingerprint density at radius 2 is 1.95 bits per heavy atom. The molecule has 0 radical (unpaired) electrons. The fraction of sp³-hybridized carbons (Fsp3) is 0.429. The average molecular weight is 310 g/mol. The van der Waals surface area contributed by atoms with E-state index in [4.69, 9.17) is 5.73 Å². The normalized spacial score (nSPS) is 17.1. The van der Waals surface area contributed by atoms with Gasteiger partial charge in [-0.05, 0) is 18.9 Å². The molecule has 6 heteroatoms. The molecule has 1 saturated carbocycles. The number of sulfonamides is 1. The molecule has 0 saturated heterocycles. The number of fused-ring (bicyclic) bond motifs is 1. The summed E-state index contributed by atoms with van der Waals surface area (Å²) in [4.78, 5) is 1.11. The van der Waals surface area contributed by atoms with Crippen molar-refractivity contribution < 1.29 is 8.42 Å². The zero-order chi connectivity index (χ0) is 14.2. The Kier molecular flexibility index (Phi) is 3.81. The van der Waals surface area contributed by atoms with Crippen LogP contribution >= 0.6 is 11.3 Å². The number of benzene rings is 1. The van der Waals surface area contributed by atoms with E-state index in [1.807, 2.05) is 24.3 Å². The molecular formula is C14H18N2O2S2. The SMILES string of the molecule is NCc1sc2ccccc2c1S(=O)(=O)NC1CCCC1. The second-order valence-electron chi connectivity index (χ2n) is 5.16. The van der Waals surface area contributed by atoms with Gasteiger partial charge in [0.15, 0.2) is 0 Å². The first-order chi connectivity index (χ1) is 9.62. The summed E-state index contributed by atoms with van der Waals surface area (Å²) in [5.74, 6) is 0. The molecule has 1 heterocycles. The van der Waals surface area contributed by atoms with E-state index in [-0.39, 0.29) is 12.6 Å². The van der Waals surface area contributed by atoms with E-state index in [0.717, 1.165) is 40.6 Å². The Morgan fingerprint density at radius 1 is 1.25 bits per heavy atom. The fourth-order valence-corrected chi connectivity index (χ4v) is 5.96. The van der Waals surface area contributed by atoms with Crippen LogP contribution in [0.15, 0.2) is 29.2 Å². The summed E-state index contributed by atoms with van der Waals surface area (Å²) in [7, 11) is -3.49. The molecule has 1 fully saturated rings. The van der Waals surface area contributed by atoms with E-state index in [0.29, 0.717) is 4.90 Å². The maximum Gasteiger partial charge on any atom is 0.242 e. The van der Waals surface area contributed by atoms with Gasteiger partial charge in [0.05, 0.1) is 0 Å². The van der Waals surface area contributed by atoms with Crippen LogP contribution in [0.1, 0.15) is 30.6 Å². The Morgan fingerprint density at radius 3 is 2.65 bits per heavy atom. The van der Waals surface area contributed by atoms with Crippen LogP contribution in [-0.2, 0) is 16.6 Å². The van der Waals surface area contributed by atoms with Gasteiger partial charge in [0.1, 0.15) is 4.90 Å². The van der Waals surface area contributed by atoms with Crippen molar-refractivity contribution >= 4 is 31.4 Å². The van der Waals surface area contributed by atoms with Crippen molar-refractivity contribution in [2.45, 2.75) is 43.2 Å². The number of rotatable bonds is 4. The third-order valence-corrected chi connectivity index (χ3v) is 6.72. The molecule has 0 bridgehead atoms. The van der Waals surface area contributed by atoms with Gasteiger partial charge < -0.3 is 5.73 Å². The molecule has 3 N–H and O–H groups in total. The van der Waals surface area contributed by atoms with Gasteiger partial charge in [-0.25, -0.2) is 13.1 Å². The van der Waals surface area contributed by atoms with Crippen LogP contribution in [0.5, 0.6) is 0 Å². The van der Waals surface area contributed by atoms with Gasteiger partial charge >= 0.3 is 0 Å². The van der Waals surface area contributed by atoms with Crippen LogP contribution < -0.4 is 10.5 Å². The zero-order valence-corrected chi connectivity index (χ0v) is 12.8. The molecule has 2 aromatic rings. The second-order valence-corrected chi connectivity index (χ2v) is 7.94. The fourth-order valence-electron chi connectivity index (χ4n) is 2.82. The summed E-state index contributed by atoms with van der Waals surface area (Å²) in [6.07, 6.45) is 4.06. The average Bonchev–Trinajstić information content (AvgIpc) is 3.04. The number of nitrogens with one attached hydrogen (secondary N) is 1. The van der Waals surface area contributed by atoms with E-state index in [1.54, 1.807) is 0 Å². The van der Waals surface area contributed by atoms with Crippen molar-refractivity contribution in [2.24, 2.45) is 5.73 Å². The number of thiophene rings is 1. The van der Waals surface area contributed by atoms with E-state index in [9.17, 15) is 8.42 Å². The Hall–Kier alpha value is -0.950. The minimum Gasteiger partial charge on any atom is -0.326 e. The minimum absolute atomic E-state index is 0.0734. The van der Waals surface area contributed by atoms with Gasteiger partial charge in [-0.2, -0.15) is 0 Å². The second kappa shape index (κ2) is 5.44.